The predicted octanol–water partition coefficient (Wildman–Crippen LogP) is 1.03. The van der Waals surface area contributed by atoms with Crippen LogP contribution in [0.15, 0.2) is 12.4 Å². The lowest BCUT2D eigenvalue weighted by Gasteiger charge is -2.02. The standard InChI is InChI=1S/C8H10N2O2S/c1-12-8-7(6(11)5-13-2)9-3-4-10-8/h3-4H,5H2,1-2H3. The monoisotopic (exact) mass is 198 g/mol. The van der Waals surface area contributed by atoms with Gasteiger partial charge >= 0.3 is 0 Å². The lowest BCUT2D eigenvalue weighted by Crippen LogP contribution is -2.08. The van der Waals surface area contributed by atoms with Gasteiger partial charge in [0.2, 0.25) is 5.88 Å². The maximum Gasteiger partial charge on any atom is 0.243 e. The van der Waals surface area contributed by atoms with Crippen LogP contribution >= 0.6 is 11.8 Å². The molecule has 1 rings (SSSR count). The van der Waals surface area contributed by atoms with Crippen molar-refractivity contribution in [1.82, 2.24) is 9.97 Å². The molecule has 0 aliphatic carbocycles. The van der Waals surface area contributed by atoms with Gasteiger partial charge < -0.3 is 4.74 Å². The van der Waals surface area contributed by atoms with Crippen LogP contribution in [0.4, 0.5) is 0 Å². The second-order valence-electron chi connectivity index (χ2n) is 2.27. The molecule has 1 aromatic rings. The minimum Gasteiger partial charge on any atom is -0.479 e. The van der Waals surface area contributed by atoms with Crippen molar-refractivity contribution in [3.63, 3.8) is 0 Å². The van der Waals surface area contributed by atoms with E-state index in [0.717, 1.165) is 0 Å². The van der Waals surface area contributed by atoms with E-state index in [-0.39, 0.29) is 5.78 Å². The molecule has 0 aromatic carbocycles. The van der Waals surface area contributed by atoms with Gasteiger partial charge in [-0.3, -0.25) is 4.79 Å². The molecule has 0 saturated carbocycles. The van der Waals surface area contributed by atoms with E-state index in [0.29, 0.717) is 17.3 Å². The Labute approximate surface area is 80.7 Å². The molecule has 0 bridgehead atoms. The number of ether oxygens (including phenoxy) is 1. The molecular formula is C8H10N2O2S. The van der Waals surface area contributed by atoms with Crippen LogP contribution in [0.1, 0.15) is 10.5 Å². The minimum atomic E-state index is -0.0579. The van der Waals surface area contributed by atoms with E-state index < -0.39 is 0 Å². The van der Waals surface area contributed by atoms with Crippen LogP contribution in [-0.4, -0.2) is 34.9 Å². The quantitative estimate of drug-likeness (QED) is 0.676. The summed E-state index contributed by atoms with van der Waals surface area (Å²) in [6, 6.07) is 0. The fourth-order valence-electron chi connectivity index (χ4n) is 0.865. The molecule has 0 saturated heterocycles. The van der Waals surface area contributed by atoms with Crippen LogP contribution in [0, 0.1) is 0 Å². The van der Waals surface area contributed by atoms with Crippen LogP contribution in [0.2, 0.25) is 0 Å². The zero-order chi connectivity index (χ0) is 9.68. The smallest absolute Gasteiger partial charge is 0.243 e. The largest absolute Gasteiger partial charge is 0.479 e. The van der Waals surface area contributed by atoms with E-state index >= 15 is 0 Å². The van der Waals surface area contributed by atoms with Gasteiger partial charge in [-0.05, 0) is 6.26 Å². The van der Waals surface area contributed by atoms with Crippen molar-refractivity contribution in [2.75, 3.05) is 19.1 Å². The maximum atomic E-state index is 11.4. The number of aromatic nitrogens is 2. The molecule has 0 unspecified atom stereocenters. The van der Waals surface area contributed by atoms with Crippen molar-refractivity contribution in [2.45, 2.75) is 0 Å². The Hall–Kier alpha value is -1.10. The highest BCUT2D eigenvalue weighted by molar-refractivity contribution is 7.99. The zero-order valence-electron chi connectivity index (χ0n) is 7.48. The van der Waals surface area contributed by atoms with E-state index in [1.165, 1.54) is 31.3 Å². The first kappa shape index (κ1) is 9.98. The number of nitrogens with zero attached hydrogens (tertiary/aromatic N) is 2. The van der Waals surface area contributed by atoms with E-state index in [4.69, 9.17) is 4.74 Å². The highest BCUT2D eigenvalue weighted by Crippen LogP contribution is 2.12. The summed E-state index contributed by atoms with van der Waals surface area (Å²) < 4.78 is 4.91. The highest BCUT2D eigenvalue weighted by Gasteiger charge is 2.13. The van der Waals surface area contributed by atoms with Gasteiger partial charge in [-0.25, -0.2) is 9.97 Å². The Morgan fingerprint density at radius 3 is 2.85 bits per heavy atom. The third kappa shape index (κ3) is 2.42. The average Bonchev–Trinajstić information content (AvgIpc) is 2.18. The number of thioether (sulfide) groups is 1. The summed E-state index contributed by atoms with van der Waals surface area (Å²) in [5.41, 5.74) is 0.305. The van der Waals surface area contributed by atoms with Gasteiger partial charge in [0, 0.05) is 12.4 Å². The Morgan fingerprint density at radius 2 is 2.23 bits per heavy atom. The van der Waals surface area contributed by atoms with Gasteiger partial charge in [-0.15, -0.1) is 0 Å². The first-order valence-electron chi connectivity index (χ1n) is 3.66. The second kappa shape index (κ2) is 4.81. The Morgan fingerprint density at radius 1 is 1.54 bits per heavy atom. The Balaban J connectivity index is 2.92. The summed E-state index contributed by atoms with van der Waals surface area (Å²) in [4.78, 5) is 19.2. The molecule has 0 aliphatic heterocycles. The van der Waals surface area contributed by atoms with Gasteiger partial charge in [0.15, 0.2) is 11.5 Å². The van der Waals surface area contributed by atoms with Crippen molar-refractivity contribution in [3.8, 4) is 5.88 Å². The molecule has 0 radical (unpaired) electrons. The normalized spacial score (nSPS) is 9.69. The average molecular weight is 198 g/mol. The van der Waals surface area contributed by atoms with E-state index in [1.807, 2.05) is 6.26 Å². The van der Waals surface area contributed by atoms with Crippen LogP contribution in [0.25, 0.3) is 0 Å². The number of hydrogen-bond donors (Lipinski definition) is 0. The molecule has 1 aromatic heterocycles. The third-order valence-corrected chi connectivity index (χ3v) is 1.95. The molecule has 70 valence electrons. The first-order valence-corrected chi connectivity index (χ1v) is 5.06. The molecule has 0 atom stereocenters. The first-order chi connectivity index (χ1) is 6.29. The molecular weight excluding hydrogens is 188 g/mol. The topological polar surface area (TPSA) is 52.1 Å². The number of ketones is 1. The summed E-state index contributed by atoms with van der Waals surface area (Å²) in [6.07, 6.45) is 4.84. The van der Waals surface area contributed by atoms with Gasteiger partial charge in [0.1, 0.15) is 0 Å². The van der Waals surface area contributed by atoms with Crippen LogP contribution < -0.4 is 4.74 Å². The fourth-order valence-corrected chi connectivity index (χ4v) is 1.26. The highest BCUT2D eigenvalue weighted by atomic mass is 32.2. The van der Waals surface area contributed by atoms with Gasteiger partial charge in [-0.2, -0.15) is 11.8 Å². The molecule has 1 heterocycles. The summed E-state index contributed by atoms with van der Waals surface area (Å²) in [5.74, 6) is 0.633. The summed E-state index contributed by atoms with van der Waals surface area (Å²) in [6.45, 7) is 0. The van der Waals surface area contributed by atoms with E-state index in [9.17, 15) is 4.79 Å². The number of carbonyl (C=O) groups is 1. The van der Waals surface area contributed by atoms with Crippen molar-refractivity contribution in [3.05, 3.63) is 18.1 Å². The van der Waals surface area contributed by atoms with Gasteiger partial charge in [-0.1, -0.05) is 0 Å². The van der Waals surface area contributed by atoms with Gasteiger partial charge in [0.05, 0.1) is 12.9 Å². The van der Waals surface area contributed by atoms with Gasteiger partial charge in [0.25, 0.3) is 0 Å². The van der Waals surface area contributed by atoms with Crippen LogP contribution in [0.3, 0.4) is 0 Å². The number of rotatable bonds is 4. The maximum absolute atomic E-state index is 11.4. The fraction of sp³-hybridized carbons (Fsp3) is 0.375. The van der Waals surface area contributed by atoms with Crippen LogP contribution in [0.5, 0.6) is 5.88 Å². The lowest BCUT2D eigenvalue weighted by molar-refractivity contribution is 0.101. The summed E-state index contributed by atoms with van der Waals surface area (Å²) in [5, 5.41) is 0. The summed E-state index contributed by atoms with van der Waals surface area (Å²) >= 11 is 1.45. The Kier molecular flexibility index (Phi) is 3.70. The molecule has 0 N–H and O–H groups in total. The Bertz CT molecular complexity index is 304. The third-order valence-electron chi connectivity index (χ3n) is 1.40. The van der Waals surface area contributed by atoms with E-state index in [2.05, 4.69) is 9.97 Å². The van der Waals surface area contributed by atoms with Crippen LogP contribution in [-0.2, 0) is 0 Å². The summed E-state index contributed by atoms with van der Waals surface area (Å²) in [7, 11) is 1.47. The molecule has 0 amide bonds. The lowest BCUT2D eigenvalue weighted by atomic mass is 10.3. The molecule has 0 fully saturated rings. The number of hydrogen-bond acceptors (Lipinski definition) is 5. The molecule has 4 nitrogen and oxygen atoms in total. The minimum absolute atomic E-state index is 0.0579. The van der Waals surface area contributed by atoms with Crippen molar-refractivity contribution < 1.29 is 9.53 Å². The number of methoxy groups -OCH3 is 1. The van der Waals surface area contributed by atoms with Crippen molar-refractivity contribution in [2.24, 2.45) is 0 Å². The second-order valence-corrected chi connectivity index (χ2v) is 3.14. The predicted molar refractivity (Wildman–Crippen MR) is 51.3 cm³/mol. The molecule has 0 spiro atoms. The van der Waals surface area contributed by atoms with Crippen molar-refractivity contribution in [1.29, 1.82) is 0 Å². The molecule has 0 aliphatic rings. The molecule has 13 heavy (non-hydrogen) atoms. The SMILES string of the molecule is COc1nccnc1C(=O)CSC. The zero-order valence-corrected chi connectivity index (χ0v) is 8.30. The number of carbonyl (C=O) groups excluding carboxylic acids is 1. The van der Waals surface area contributed by atoms with Crippen molar-refractivity contribution >= 4 is 17.5 Å². The number of Topliss-reactive ketones (excluding diaryl/α,β-unsaturated/α-hetero) is 1. The molecule has 5 heteroatoms. The van der Waals surface area contributed by atoms with E-state index in [1.54, 1.807) is 0 Å².